The van der Waals surface area contributed by atoms with Crippen molar-refractivity contribution in [2.75, 3.05) is 11.9 Å². The van der Waals surface area contributed by atoms with Gasteiger partial charge in [0.2, 0.25) is 0 Å². The van der Waals surface area contributed by atoms with Gasteiger partial charge >= 0.3 is 0 Å². The van der Waals surface area contributed by atoms with E-state index in [0.29, 0.717) is 6.04 Å². The molecule has 1 heteroatoms. The van der Waals surface area contributed by atoms with E-state index in [-0.39, 0.29) is 0 Å². The standard InChI is InChI=1S/C16H27N/c1-4-6-8-12-15(11-5-2)17(3)16-13-9-7-10-14-16/h7,9-10,13-15H,4-6,8,11-12H2,1-3H3. The van der Waals surface area contributed by atoms with Crippen molar-refractivity contribution in [1.82, 2.24) is 0 Å². The van der Waals surface area contributed by atoms with Crippen molar-refractivity contribution in [3.05, 3.63) is 30.3 Å². The van der Waals surface area contributed by atoms with E-state index in [1.807, 2.05) is 0 Å². The van der Waals surface area contributed by atoms with Gasteiger partial charge < -0.3 is 4.90 Å². The zero-order valence-corrected chi connectivity index (χ0v) is 11.7. The number of unbranched alkanes of at least 4 members (excludes halogenated alkanes) is 2. The van der Waals surface area contributed by atoms with E-state index < -0.39 is 0 Å². The van der Waals surface area contributed by atoms with Crippen LogP contribution < -0.4 is 4.90 Å². The summed E-state index contributed by atoms with van der Waals surface area (Å²) >= 11 is 0. The van der Waals surface area contributed by atoms with Gasteiger partial charge in [-0.2, -0.15) is 0 Å². The fraction of sp³-hybridized carbons (Fsp3) is 0.625. The van der Waals surface area contributed by atoms with E-state index in [1.54, 1.807) is 0 Å². The van der Waals surface area contributed by atoms with Crippen LogP contribution in [0, 0.1) is 0 Å². The molecule has 0 saturated carbocycles. The van der Waals surface area contributed by atoms with Gasteiger partial charge in [-0.15, -0.1) is 0 Å². The molecule has 0 aromatic heterocycles. The fourth-order valence-corrected chi connectivity index (χ4v) is 2.37. The molecule has 1 atom stereocenters. The molecule has 0 radical (unpaired) electrons. The van der Waals surface area contributed by atoms with E-state index >= 15 is 0 Å². The Morgan fingerprint density at radius 1 is 0.941 bits per heavy atom. The summed E-state index contributed by atoms with van der Waals surface area (Å²) in [7, 11) is 2.24. The highest BCUT2D eigenvalue weighted by atomic mass is 15.1. The monoisotopic (exact) mass is 233 g/mol. The van der Waals surface area contributed by atoms with Crippen LogP contribution in [-0.4, -0.2) is 13.1 Å². The Morgan fingerprint density at radius 3 is 2.24 bits per heavy atom. The zero-order valence-electron chi connectivity index (χ0n) is 11.7. The minimum Gasteiger partial charge on any atom is -0.372 e. The van der Waals surface area contributed by atoms with Gasteiger partial charge in [0.15, 0.2) is 0 Å². The van der Waals surface area contributed by atoms with Crippen LogP contribution in [0.4, 0.5) is 5.69 Å². The summed E-state index contributed by atoms with van der Waals surface area (Å²) in [6.45, 7) is 4.56. The molecule has 0 aliphatic rings. The van der Waals surface area contributed by atoms with Crippen LogP contribution in [0.5, 0.6) is 0 Å². The Bertz CT molecular complexity index is 281. The van der Waals surface area contributed by atoms with Crippen molar-refractivity contribution in [3.8, 4) is 0 Å². The predicted octanol–water partition coefficient (Wildman–Crippen LogP) is 4.87. The minimum absolute atomic E-state index is 0.703. The molecule has 1 aromatic rings. The normalized spacial score (nSPS) is 12.4. The van der Waals surface area contributed by atoms with Gasteiger partial charge in [-0.25, -0.2) is 0 Å². The van der Waals surface area contributed by atoms with E-state index in [0.717, 1.165) is 0 Å². The Hall–Kier alpha value is -0.980. The zero-order chi connectivity index (χ0) is 12.5. The van der Waals surface area contributed by atoms with Gasteiger partial charge in [-0.3, -0.25) is 0 Å². The van der Waals surface area contributed by atoms with Gasteiger partial charge in [-0.05, 0) is 25.0 Å². The maximum atomic E-state index is 2.46. The molecule has 1 unspecified atom stereocenters. The Morgan fingerprint density at radius 2 is 1.65 bits per heavy atom. The summed E-state index contributed by atoms with van der Waals surface area (Å²) in [5, 5.41) is 0. The number of rotatable bonds is 8. The van der Waals surface area contributed by atoms with Crippen LogP contribution in [-0.2, 0) is 0 Å². The van der Waals surface area contributed by atoms with E-state index in [9.17, 15) is 0 Å². The van der Waals surface area contributed by atoms with Crippen LogP contribution in [0.25, 0.3) is 0 Å². The number of para-hydroxylation sites is 1. The summed E-state index contributed by atoms with van der Waals surface area (Å²) in [5.41, 5.74) is 1.35. The molecule has 96 valence electrons. The molecule has 0 aliphatic heterocycles. The number of nitrogens with zero attached hydrogens (tertiary/aromatic N) is 1. The number of hydrogen-bond donors (Lipinski definition) is 0. The fourth-order valence-electron chi connectivity index (χ4n) is 2.37. The van der Waals surface area contributed by atoms with Crippen molar-refractivity contribution in [2.45, 2.75) is 58.4 Å². The lowest BCUT2D eigenvalue weighted by Crippen LogP contribution is -2.31. The second-order valence-corrected chi connectivity index (χ2v) is 4.88. The Kier molecular flexibility index (Phi) is 6.76. The third kappa shape index (κ3) is 4.80. The SMILES string of the molecule is CCCCCC(CCC)N(C)c1ccccc1. The molecule has 0 spiro atoms. The highest BCUT2D eigenvalue weighted by Crippen LogP contribution is 2.20. The van der Waals surface area contributed by atoms with Crippen molar-refractivity contribution in [2.24, 2.45) is 0 Å². The van der Waals surface area contributed by atoms with Crippen LogP contribution >= 0.6 is 0 Å². The van der Waals surface area contributed by atoms with Crippen LogP contribution in [0.1, 0.15) is 52.4 Å². The third-order valence-electron chi connectivity index (χ3n) is 3.47. The van der Waals surface area contributed by atoms with E-state index in [2.05, 4.69) is 56.1 Å². The number of benzene rings is 1. The molecule has 1 nitrogen and oxygen atoms in total. The molecule has 1 aromatic carbocycles. The van der Waals surface area contributed by atoms with Gasteiger partial charge in [0.05, 0.1) is 0 Å². The highest BCUT2D eigenvalue weighted by molar-refractivity contribution is 5.46. The summed E-state index contributed by atoms with van der Waals surface area (Å²) in [6.07, 6.45) is 7.94. The van der Waals surface area contributed by atoms with Crippen LogP contribution in [0.15, 0.2) is 30.3 Å². The molecule has 0 bridgehead atoms. The second-order valence-electron chi connectivity index (χ2n) is 4.88. The topological polar surface area (TPSA) is 3.24 Å². The number of hydrogen-bond acceptors (Lipinski definition) is 1. The summed E-state index contributed by atoms with van der Waals surface area (Å²) in [5.74, 6) is 0. The molecule has 0 aliphatic carbocycles. The molecular weight excluding hydrogens is 206 g/mol. The van der Waals surface area contributed by atoms with Gasteiger partial charge in [0.1, 0.15) is 0 Å². The van der Waals surface area contributed by atoms with Gasteiger partial charge in [-0.1, -0.05) is 57.7 Å². The summed E-state index contributed by atoms with van der Waals surface area (Å²) in [6, 6.07) is 11.5. The van der Waals surface area contributed by atoms with Crippen molar-refractivity contribution in [3.63, 3.8) is 0 Å². The average Bonchev–Trinajstić information content (AvgIpc) is 2.38. The first-order chi connectivity index (χ1) is 8.29. The highest BCUT2D eigenvalue weighted by Gasteiger charge is 2.13. The molecule has 0 fully saturated rings. The molecule has 17 heavy (non-hydrogen) atoms. The largest absolute Gasteiger partial charge is 0.372 e. The van der Waals surface area contributed by atoms with E-state index in [1.165, 1.54) is 44.2 Å². The second kappa shape index (κ2) is 8.16. The van der Waals surface area contributed by atoms with E-state index in [4.69, 9.17) is 0 Å². The molecule has 0 N–H and O–H groups in total. The molecule has 0 amide bonds. The first-order valence-corrected chi connectivity index (χ1v) is 7.07. The Balaban J connectivity index is 2.56. The molecular formula is C16H27N. The van der Waals surface area contributed by atoms with Crippen molar-refractivity contribution in [1.29, 1.82) is 0 Å². The lowest BCUT2D eigenvalue weighted by atomic mass is 10.0. The molecule has 0 saturated heterocycles. The maximum absolute atomic E-state index is 2.46. The summed E-state index contributed by atoms with van der Waals surface area (Å²) < 4.78 is 0. The lowest BCUT2D eigenvalue weighted by molar-refractivity contribution is 0.503. The number of anilines is 1. The van der Waals surface area contributed by atoms with Crippen molar-refractivity contribution < 1.29 is 0 Å². The minimum atomic E-state index is 0.703. The van der Waals surface area contributed by atoms with Crippen LogP contribution in [0.2, 0.25) is 0 Å². The van der Waals surface area contributed by atoms with Crippen LogP contribution in [0.3, 0.4) is 0 Å². The third-order valence-corrected chi connectivity index (χ3v) is 3.47. The average molecular weight is 233 g/mol. The predicted molar refractivity (Wildman–Crippen MR) is 77.7 cm³/mol. The molecule has 1 rings (SSSR count). The lowest BCUT2D eigenvalue weighted by Gasteiger charge is -2.30. The summed E-state index contributed by atoms with van der Waals surface area (Å²) in [4.78, 5) is 2.46. The van der Waals surface area contributed by atoms with Gasteiger partial charge in [0, 0.05) is 18.8 Å². The first-order valence-electron chi connectivity index (χ1n) is 7.07. The molecule has 0 heterocycles. The smallest absolute Gasteiger partial charge is 0.0366 e. The van der Waals surface area contributed by atoms with Crippen molar-refractivity contribution >= 4 is 5.69 Å². The first kappa shape index (κ1) is 14.1. The maximum Gasteiger partial charge on any atom is 0.0366 e. The van der Waals surface area contributed by atoms with Gasteiger partial charge in [0.25, 0.3) is 0 Å². The Labute approximate surface area is 107 Å². The quantitative estimate of drug-likeness (QED) is 0.579.